The number of nitrogens with two attached hydrogens (primary N) is 1. The summed E-state index contributed by atoms with van der Waals surface area (Å²) < 4.78 is 13.3. The summed E-state index contributed by atoms with van der Waals surface area (Å²) in [5.74, 6) is -2.32. The zero-order chi connectivity index (χ0) is 15.6. The van der Waals surface area contributed by atoms with E-state index in [2.05, 4.69) is 5.32 Å². The second kappa shape index (κ2) is 5.62. The Morgan fingerprint density at radius 3 is 2.43 bits per heavy atom. The van der Waals surface area contributed by atoms with Gasteiger partial charge in [-0.05, 0) is 42.8 Å². The number of halogens is 1. The van der Waals surface area contributed by atoms with Gasteiger partial charge in [0, 0.05) is 11.3 Å². The Morgan fingerprint density at radius 2 is 1.81 bits per heavy atom. The van der Waals surface area contributed by atoms with Gasteiger partial charge < -0.3 is 16.2 Å². The van der Waals surface area contributed by atoms with Crippen molar-refractivity contribution in [3.05, 3.63) is 58.9 Å². The van der Waals surface area contributed by atoms with Crippen molar-refractivity contribution in [1.29, 1.82) is 0 Å². The number of amides is 1. The van der Waals surface area contributed by atoms with E-state index in [1.54, 1.807) is 13.0 Å². The summed E-state index contributed by atoms with van der Waals surface area (Å²) >= 11 is 0. The fourth-order valence-corrected chi connectivity index (χ4v) is 1.75. The van der Waals surface area contributed by atoms with Crippen LogP contribution < -0.4 is 11.1 Å². The number of aromatic carboxylic acids is 1. The van der Waals surface area contributed by atoms with Gasteiger partial charge in [-0.3, -0.25) is 4.79 Å². The van der Waals surface area contributed by atoms with Crippen LogP contribution in [0.5, 0.6) is 0 Å². The Balaban J connectivity index is 2.28. The third kappa shape index (κ3) is 3.17. The molecule has 108 valence electrons. The molecule has 1 amide bonds. The van der Waals surface area contributed by atoms with E-state index in [0.717, 1.165) is 6.07 Å². The number of anilines is 2. The highest BCUT2D eigenvalue weighted by Crippen LogP contribution is 2.19. The van der Waals surface area contributed by atoms with E-state index in [1.807, 2.05) is 0 Å². The van der Waals surface area contributed by atoms with Gasteiger partial charge in [0.25, 0.3) is 5.91 Å². The maximum absolute atomic E-state index is 13.3. The predicted molar refractivity (Wildman–Crippen MR) is 76.9 cm³/mol. The van der Waals surface area contributed by atoms with Crippen LogP contribution in [0.1, 0.15) is 26.3 Å². The molecule has 0 aliphatic rings. The molecule has 0 aromatic heterocycles. The van der Waals surface area contributed by atoms with E-state index in [-0.39, 0.29) is 16.8 Å². The number of aryl methyl sites for hydroxylation is 1. The van der Waals surface area contributed by atoms with Crippen molar-refractivity contribution in [3.63, 3.8) is 0 Å². The molecule has 0 saturated heterocycles. The summed E-state index contributed by atoms with van der Waals surface area (Å²) in [6.07, 6.45) is 0. The average Bonchev–Trinajstić information content (AvgIpc) is 2.43. The van der Waals surface area contributed by atoms with E-state index in [1.165, 1.54) is 24.3 Å². The van der Waals surface area contributed by atoms with Crippen molar-refractivity contribution >= 4 is 23.3 Å². The lowest BCUT2D eigenvalue weighted by molar-refractivity contribution is 0.0696. The number of carboxylic acids is 1. The molecule has 0 fully saturated rings. The van der Waals surface area contributed by atoms with Crippen molar-refractivity contribution in [1.82, 2.24) is 0 Å². The molecule has 0 spiro atoms. The summed E-state index contributed by atoms with van der Waals surface area (Å²) in [6, 6.07) is 8.10. The Morgan fingerprint density at radius 1 is 1.14 bits per heavy atom. The van der Waals surface area contributed by atoms with Gasteiger partial charge in [-0.25, -0.2) is 9.18 Å². The van der Waals surface area contributed by atoms with Crippen LogP contribution in [-0.2, 0) is 0 Å². The molecule has 0 unspecified atom stereocenters. The first-order chi connectivity index (χ1) is 9.88. The SMILES string of the molecule is Cc1ccc(C(=O)O)cc1NC(=O)c1ccc(N)c(F)c1. The third-order valence-corrected chi connectivity index (χ3v) is 3.00. The molecular weight excluding hydrogens is 275 g/mol. The van der Waals surface area contributed by atoms with Gasteiger partial charge in [-0.15, -0.1) is 0 Å². The van der Waals surface area contributed by atoms with Crippen LogP contribution in [0.15, 0.2) is 36.4 Å². The molecule has 2 aromatic rings. The summed E-state index contributed by atoms with van der Waals surface area (Å²) in [5, 5.41) is 11.5. The first kappa shape index (κ1) is 14.5. The van der Waals surface area contributed by atoms with Gasteiger partial charge in [-0.1, -0.05) is 6.07 Å². The minimum Gasteiger partial charge on any atom is -0.478 e. The molecule has 2 aromatic carbocycles. The number of nitrogens with one attached hydrogen (secondary N) is 1. The quantitative estimate of drug-likeness (QED) is 0.757. The molecule has 0 aliphatic heterocycles. The van der Waals surface area contributed by atoms with Gasteiger partial charge in [-0.2, -0.15) is 0 Å². The molecule has 0 saturated carbocycles. The topological polar surface area (TPSA) is 92.4 Å². The first-order valence-electron chi connectivity index (χ1n) is 6.09. The largest absolute Gasteiger partial charge is 0.478 e. The molecule has 0 atom stereocenters. The van der Waals surface area contributed by atoms with Crippen LogP contribution in [0.2, 0.25) is 0 Å². The maximum Gasteiger partial charge on any atom is 0.335 e. The Labute approximate surface area is 120 Å². The van der Waals surface area contributed by atoms with Gasteiger partial charge >= 0.3 is 5.97 Å². The van der Waals surface area contributed by atoms with E-state index in [9.17, 15) is 14.0 Å². The van der Waals surface area contributed by atoms with E-state index in [4.69, 9.17) is 10.8 Å². The van der Waals surface area contributed by atoms with Crippen molar-refractivity contribution in [3.8, 4) is 0 Å². The normalized spacial score (nSPS) is 10.2. The minimum absolute atomic E-state index is 0.0457. The predicted octanol–water partition coefficient (Wildman–Crippen LogP) is 2.67. The molecule has 4 N–H and O–H groups in total. The highest BCUT2D eigenvalue weighted by Gasteiger charge is 2.12. The molecule has 5 nitrogen and oxygen atoms in total. The van der Waals surface area contributed by atoms with Crippen LogP contribution in [0.25, 0.3) is 0 Å². The van der Waals surface area contributed by atoms with E-state index >= 15 is 0 Å². The van der Waals surface area contributed by atoms with E-state index < -0.39 is 17.7 Å². The maximum atomic E-state index is 13.3. The minimum atomic E-state index is -1.09. The molecule has 0 radical (unpaired) electrons. The number of carbonyl (C=O) groups excluding carboxylic acids is 1. The molecule has 0 bridgehead atoms. The highest BCUT2D eigenvalue weighted by atomic mass is 19.1. The van der Waals surface area contributed by atoms with Gasteiger partial charge in [0.05, 0.1) is 11.3 Å². The van der Waals surface area contributed by atoms with Crippen LogP contribution in [0.4, 0.5) is 15.8 Å². The molecule has 0 aliphatic carbocycles. The van der Waals surface area contributed by atoms with Gasteiger partial charge in [0.2, 0.25) is 0 Å². The lowest BCUT2D eigenvalue weighted by Crippen LogP contribution is -2.14. The second-order valence-corrected chi connectivity index (χ2v) is 4.53. The Hall–Kier alpha value is -2.89. The van der Waals surface area contributed by atoms with Crippen LogP contribution >= 0.6 is 0 Å². The Kier molecular flexibility index (Phi) is 3.89. The fourth-order valence-electron chi connectivity index (χ4n) is 1.75. The summed E-state index contributed by atoms with van der Waals surface area (Å²) in [7, 11) is 0. The zero-order valence-electron chi connectivity index (χ0n) is 11.2. The molecule has 0 heterocycles. The van der Waals surface area contributed by atoms with Gasteiger partial charge in [0.1, 0.15) is 5.82 Å². The first-order valence-corrected chi connectivity index (χ1v) is 6.09. The standard InChI is InChI=1S/C15H13FN2O3/c1-8-2-3-10(15(20)21)7-13(8)18-14(19)9-4-5-12(17)11(16)6-9/h2-7H,17H2,1H3,(H,18,19)(H,20,21). The summed E-state index contributed by atoms with van der Waals surface area (Å²) in [4.78, 5) is 23.0. The fraction of sp³-hybridized carbons (Fsp3) is 0.0667. The van der Waals surface area contributed by atoms with Gasteiger partial charge in [0.15, 0.2) is 0 Å². The van der Waals surface area contributed by atoms with Crippen LogP contribution in [0, 0.1) is 12.7 Å². The zero-order valence-corrected chi connectivity index (χ0v) is 11.2. The third-order valence-electron chi connectivity index (χ3n) is 3.00. The van der Waals surface area contributed by atoms with Crippen LogP contribution in [-0.4, -0.2) is 17.0 Å². The van der Waals surface area contributed by atoms with E-state index in [0.29, 0.717) is 11.3 Å². The lowest BCUT2D eigenvalue weighted by atomic mass is 10.1. The number of carboxylic acid groups (broad SMARTS) is 1. The number of carbonyl (C=O) groups is 2. The van der Waals surface area contributed by atoms with Crippen molar-refractivity contribution < 1.29 is 19.1 Å². The van der Waals surface area contributed by atoms with Crippen molar-refractivity contribution in [2.24, 2.45) is 0 Å². The smallest absolute Gasteiger partial charge is 0.335 e. The molecular formula is C15H13FN2O3. The highest BCUT2D eigenvalue weighted by molar-refractivity contribution is 6.05. The summed E-state index contributed by atoms with van der Waals surface area (Å²) in [6.45, 7) is 1.73. The second-order valence-electron chi connectivity index (χ2n) is 4.53. The Bertz CT molecular complexity index is 729. The summed E-state index contributed by atoms with van der Waals surface area (Å²) in [5.41, 5.74) is 6.51. The van der Waals surface area contributed by atoms with Crippen molar-refractivity contribution in [2.75, 3.05) is 11.1 Å². The number of hydrogen-bond donors (Lipinski definition) is 3. The monoisotopic (exact) mass is 288 g/mol. The van der Waals surface area contributed by atoms with Crippen molar-refractivity contribution in [2.45, 2.75) is 6.92 Å². The molecule has 21 heavy (non-hydrogen) atoms. The molecule has 6 heteroatoms. The van der Waals surface area contributed by atoms with Crippen LogP contribution in [0.3, 0.4) is 0 Å². The number of hydrogen-bond acceptors (Lipinski definition) is 3. The molecule has 2 rings (SSSR count). The average molecular weight is 288 g/mol. The number of benzene rings is 2. The lowest BCUT2D eigenvalue weighted by Gasteiger charge is -2.10. The number of nitrogen functional groups attached to an aromatic ring is 1. The number of rotatable bonds is 3.